The van der Waals surface area contributed by atoms with Crippen molar-refractivity contribution in [1.82, 2.24) is 0 Å². The van der Waals surface area contributed by atoms with Crippen LogP contribution < -0.4 is 0 Å². The Balaban J connectivity index is 0.000000179. The molecule has 0 heterocycles. The Morgan fingerprint density at radius 2 is 0.663 bits per heavy atom. The molecule has 0 aromatic heterocycles. The fourth-order valence-electron chi connectivity index (χ4n) is 17.5. The molecule has 16 nitrogen and oxygen atoms in total. The van der Waals surface area contributed by atoms with Crippen LogP contribution in [0.3, 0.4) is 0 Å². The molecule has 12 aliphatic carbocycles. The first-order valence-corrected chi connectivity index (χ1v) is 41.6. The van der Waals surface area contributed by atoms with Crippen LogP contribution in [0.1, 0.15) is 136 Å². The van der Waals surface area contributed by atoms with Gasteiger partial charge in [0.05, 0.1) is 46.3 Å². The van der Waals surface area contributed by atoms with Crippen LogP contribution in [0.2, 0.25) is 25.2 Å². The summed E-state index contributed by atoms with van der Waals surface area (Å²) >= 11 is 2.05. The number of esters is 6. The molecule has 7 saturated carbocycles. The number of carbonyl (C=O) groups is 6. The maximum Gasteiger partial charge on any atom is 0.334 e. The maximum absolute atomic E-state index is 13.5. The summed E-state index contributed by atoms with van der Waals surface area (Å²) in [6.07, 6.45) is 38.8. The van der Waals surface area contributed by atoms with Crippen LogP contribution in [0.15, 0.2) is 60.8 Å². The quantitative estimate of drug-likeness (QED) is 0.0203. The molecule has 7 fully saturated rings. The van der Waals surface area contributed by atoms with Crippen molar-refractivity contribution in [2.45, 2.75) is 167 Å². The molecule has 0 saturated heterocycles. The first-order chi connectivity index (χ1) is 44.3. The third-order valence-electron chi connectivity index (χ3n) is 24.4. The largest absolute Gasteiger partial charge is 0.465 e. The Morgan fingerprint density at radius 1 is 0.370 bits per heavy atom. The third kappa shape index (κ3) is 16.9. The number of ether oxygens (including phenoxy) is 6. The highest BCUT2D eigenvalue weighted by Crippen LogP contribution is 2.54. The zero-order valence-electron chi connectivity index (χ0n) is 56.8. The third-order valence-corrected chi connectivity index (χ3v) is 32.0. The van der Waals surface area contributed by atoms with Gasteiger partial charge in [0, 0.05) is 33.7 Å². The van der Waals surface area contributed by atoms with Crippen molar-refractivity contribution in [1.29, 1.82) is 0 Å². The second-order valence-corrected chi connectivity index (χ2v) is 38.8. The number of unbranched alkanes of at least 4 members (excludes halogenated alkanes) is 1. The predicted molar refractivity (Wildman–Crippen MR) is 356 cm³/mol. The van der Waals surface area contributed by atoms with E-state index in [-0.39, 0.29) is 141 Å². The fourth-order valence-corrected chi connectivity index (χ4v) is 22.2. The lowest BCUT2D eigenvalue weighted by Gasteiger charge is -2.33. The Kier molecular flexibility index (Phi) is 24.3. The van der Waals surface area contributed by atoms with Crippen LogP contribution in [0.25, 0.3) is 0 Å². The number of allylic oxidation sites excluding steroid dienone is 10. The number of rotatable bonds is 32. The van der Waals surface area contributed by atoms with Gasteiger partial charge < -0.3 is 46.1 Å². The molecular formula is C73H110O16SSi2. The van der Waals surface area contributed by atoms with Gasteiger partial charge in [0.15, 0.2) is 0 Å². The van der Waals surface area contributed by atoms with Crippen LogP contribution in [0, 0.1) is 117 Å². The number of thioether (sulfide) groups is 1. The van der Waals surface area contributed by atoms with Gasteiger partial charge >= 0.3 is 52.9 Å². The molecule has 512 valence electrons. The maximum atomic E-state index is 13.5. The van der Waals surface area contributed by atoms with E-state index in [0.29, 0.717) is 59.5 Å². The molecule has 19 atom stereocenters. The van der Waals surface area contributed by atoms with Crippen LogP contribution in [-0.2, 0) is 74.9 Å². The summed E-state index contributed by atoms with van der Waals surface area (Å²) in [5.41, 5.74) is -1.50. The minimum Gasteiger partial charge on any atom is -0.465 e. The lowest BCUT2D eigenvalue weighted by atomic mass is 9.86. The van der Waals surface area contributed by atoms with Crippen molar-refractivity contribution < 1.29 is 74.9 Å². The van der Waals surface area contributed by atoms with Crippen molar-refractivity contribution in [2.75, 3.05) is 73.8 Å². The van der Waals surface area contributed by atoms with E-state index in [1.54, 1.807) is 28.4 Å². The molecule has 19 heteroatoms. The minimum atomic E-state index is -2.03. The van der Waals surface area contributed by atoms with Crippen molar-refractivity contribution in [3.05, 3.63) is 60.8 Å². The molecule has 0 amide bonds. The standard InChI is InChI=1S/C36H54O8SSi.C30H38O6.C7H18O2Si/c1-5-36(20-42-33(37)29-15-23-7-9-25(29)13-23,21-43-34(38)30-16-24-8-10-26(30)14-24)22-44-35(39)31-18-28-17-27(31)19-32(28)45-11-6-12-46(4,40-2)41-3;1-2-30(15-34-27(31)24-12-18-3-6-21(24)9-18,16-35-28(32)25-13-19-4-7-22(25)10-19)17-36-29(33)26-14-20-5-8-23(26)11-20;1-5-6-7-10(4,8-2)9-3/h7-10,23-32H,5-6,11-22H2,1-4H3;3-8,18-26H,2,9-17H2,1H3;5-7H2,1-4H3. The minimum absolute atomic E-state index is 0.0826. The topological polar surface area (TPSA) is 195 Å². The highest BCUT2D eigenvalue weighted by molar-refractivity contribution is 7.99. The van der Waals surface area contributed by atoms with Crippen LogP contribution in [0.4, 0.5) is 0 Å². The van der Waals surface area contributed by atoms with Crippen molar-refractivity contribution in [2.24, 2.45) is 117 Å². The average Bonchev–Trinajstić information content (AvgIpc) is 1.68. The van der Waals surface area contributed by atoms with Gasteiger partial charge in [0.2, 0.25) is 0 Å². The SMILES string of the molecule is CCC(COC(=O)C1CC2C=CC1C2)(COC(=O)C1CC2C=CC1C2)COC(=O)C1CC2C=CC1C2.CCC(COC(=O)C1CC2C=CC1C2)(COC(=O)C1CC2C=CC1C2)COC(=O)C1CC2CC1CC2SCCC[Si](C)(OC)OC.CCCC[Si](C)(OC)OC. The van der Waals surface area contributed by atoms with Crippen LogP contribution >= 0.6 is 11.8 Å². The molecule has 0 aromatic rings. The van der Waals surface area contributed by atoms with Gasteiger partial charge in [-0.3, -0.25) is 28.8 Å². The molecule has 0 spiro atoms. The summed E-state index contributed by atoms with van der Waals surface area (Å²) in [7, 11) is 3.23. The van der Waals surface area contributed by atoms with Crippen LogP contribution in [-0.4, -0.2) is 132 Å². The zero-order valence-corrected chi connectivity index (χ0v) is 59.6. The molecule has 12 rings (SSSR count). The number of carbonyl (C=O) groups excluding carboxylic acids is 6. The lowest BCUT2D eigenvalue weighted by Crippen LogP contribution is -2.41. The summed E-state index contributed by atoms with van der Waals surface area (Å²) in [4.78, 5) is 78.8. The zero-order chi connectivity index (χ0) is 65.4. The molecule has 92 heavy (non-hydrogen) atoms. The van der Waals surface area contributed by atoms with Crippen molar-refractivity contribution in [3.63, 3.8) is 0 Å². The summed E-state index contributed by atoms with van der Waals surface area (Å²) in [6.45, 7) is 10.9. The van der Waals surface area contributed by atoms with E-state index < -0.39 is 28.0 Å². The summed E-state index contributed by atoms with van der Waals surface area (Å²) < 4.78 is 57.5. The Morgan fingerprint density at radius 3 is 0.891 bits per heavy atom. The van der Waals surface area contributed by atoms with Gasteiger partial charge in [0.1, 0.15) is 39.6 Å². The van der Waals surface area contributed by atoms with Gasteiger partial charge in [0.25, 0.3) is 0 Å². The predicted octanol–water partition coefficient (Wildman–Crippen LogP) is 13.1. The summed E-state index contributed by atoms with van der Waals surface area (Å²) in [5.74, 6) is 4.06. The van der Waals surface area contributed by atoms with E-state index in [0.717, 1.165) is 108 Å². The summed E-state index contributed by atoms with van der Waals surface area (Å²) in [5, 5.41) is 0.599. The van der Waals surface area contributed by atoms with E-state index in [1.807, 2.05) is 25.6 Å². The molecule has 0 aromatic carbocycles. The van der Waals surface area contributed by atoms with E-state index in [9.17, 15) is 28.8 Å². The van der Waals surface area contributed by atoms with E-state index in [1.165, 1.54) is 12.8 Å². The molecule has 0 N–H and O–H groups in total. The van der Waals surface area contributed by atoms with Crippen LogP contribution in [0.5, 0.6) is 0 Å². The van der Waals surface area contributed by atoms with Gasteiger partial charge in [-0.1, -0.05) is 94.4 Å². The first-order valence-electron chi connectivity index (χ1n) is 35.5. The molecule has 12 aliphatic rings. The lowest BCUT2D eigenvalue weighted by molar-refractivity contribution is -0.171. The van der Waals surface area contributed by atoms with Crippen molar-refractivity contribution in [3.8, 4) is 0 Å². The van der Waals surface area contributed by atoms with Gasteiger partial charge in [-0.05, 0) is 205 Å². The first kappa shape index (κ1) is 70.9. The fraction of sp³-hybridized carbons (Fsp3) is 0.781. The molecular weight excluding hydrogens is 1220 g/mol. The van der Waals surface area contributed by atoms with E-state index in [4.69, 9.17) is 46.1 Å². The normalized spacial score (nSPS) is 35.2. The molecule has 19 unspecified atom stereocenters. The Bertz CT molecular complexity index is 2550. The highest BCUT2D eigenvalue weighted by Gasteiger charge is 2.52. The number of hydrogen-bond donors (Lipinski definition) is 0. The summed E-state index contributed by atoms with van der Waals surface area (Å²) in [6, 6.07) is 2.10. The van der Waals surface area contributed by atoms with Crippen molar-refractivity contribution >= 4 is 64.7 Å². The smallest absolute Gasteiger partial charge is 0.334 e. The Hall–Kier alpha value is -3.86. The van der Waals surface area contributed by atoms with E-state index >= 15 is 0 Å². The molecule has 12 bridgehead atoms. The second-order valence-electron chi connectivity index (χ2n) is 30.3. The van der Waals surface area contributed by atoms with Gasteiger partial charge in [-0.15, -0.1) is 0 Å². The highest BCUT2D eigenvalue weighted by atomic mass is 32.2. The van der Waals surface area contributed by atoms with Gasteiger partial charge in [-0.2, -0.15) is 11.8 Å². The van der Waals surface area contributed by atoms with Gasteiger partial charge in [-0.25, -0.2) is 0 Å². The monoisotopic (exact) mass is 1330 g/mol. The number of fused-ring (bicyclic) bond motifs is 12. The molecule has 0 aliphatic heterocycles. The average molecular weight is 1330 g/mol. The molecule has 0 radical (unpaired) electrons. The second kappa shape index (κ2) is 31.6. The number of hydrogen-bond acceptors (Lipinski definition) is 17. The van der Waals surface area contributed by atoms with E-state index in [2.05, 4.69) is 80.8 Å². The Labute approximate surface area is 555 Å².